The lowest BCUT2D eigenvalue weighted by Crippen LogP contribution is -2.38. The number of guanidine groups is 1. The SMILES string of the molecule is CCCOc1ccc(CN=C(N)NC(C)CC)c(OC(F)F)c1.I. The van der Waals surface area contributed by atoms with Crippen LogP contribution >= 0.6 is 24.0 Å². The van der Waals surface area contributed by atoms with Crippen molar-refractivity contribution >= 4 is 29.9 Å². The van der Waals surface area contributed by atoms with E-state index in [9.17, 15) is 8.78 Å². The van der Waals surface area contributed by atoms with Crippen molar-refractivity contribution in [2.75, 3.05) is 6.61 Å². The third kappa shape index (κ3) is 8.51. The molecule has 0 spiro atoms. The molecular formula is C16H26F2IN3O2. The fraction of sp³-hybridized carbons (Fsp3) is 0.562. The molecule has 3 N–H and O–H groups in total. The van der Waals surface area contributed by atoms with Gasteiger partial charge in [-0.2, -0.15) is 8.78 Å². The average molecular weight is 457 g/mol. The van der Waals surface area contributed by atoms with Crippen molar-refractivity contribution < 1.29 is 18.3 Å². The Hall–Kier alpha value is -1.32. The van der Waals surface area contributed by atoms with Crippen LogP contribution in [-0.4, -0.2) is 25.2 Å². The van der Waals surface area contributed by atoms with Gasteiger partial charge in [0, 0.05) is 17.7 Å². The lowest BCUT2D eigenvalue weighted by Gasteiger charge is -2.14. The quantitative estimate of drug-likeness (QED) is 0.336. The highest BCUT2D eigenvalue weighted by Crippen LogP contribution is 2.27. The minimum atomic E-state index is -2.91. The van der Waals surface area contributed by atoms with Crippen LogP contribution in [0.2, 0.25) is 0 Å². The molecule has 24 heavy (non-hydrogen) atoms. The van der Waals surface area contributed by atoms with Gasteiger partial charge < -0.3 is 20.5 Å². The number of nitrogens with two attached hydrogens (primary N) is 1. The first-order valence-electron chi connectivity index (χ1n) is 7.73. The van der Waals surface area contributed by atoms with E-state index in [1.807, 2.05) is 20.8 Å². The highest BCUT2D eigenvalue weighted by Gasteiger charge is 2.11. The number of nitrogens with zero attached hydrogens (tertiary/aromatic N) is 1. The van der Waals surface area contributed by atoms with Crippen molar-refractivity contribution in [1.82, 2.24) is 5.32 Å². The van der Waals surface area contributed by atoms with E-state index in [1.54, 1.807) is 12.1 Å². The Morgan fingerprint density at radius 1 is 1.33 bits per heavy atom. The van der Waals surface area contributed by atoms with E-state index in [0.717, 1.165) is 12.8 Å². The predicted octanol–water partition coefficient (Wildman–Crippen LogP) is 3.90. The fourth-order valence-electron chi connectivity index (χ4n) is 1.75. The summed E-state index contributed by atoms with van der Waals surface area (Å²) in [5.74, 6) is 0.809. The van der Waals surface area contributed by atoms with Gasteiger partial charge in [0.15, 0.2) is 5.96 Å². The van der Waals surface area contributed by atoms with Gasteiger partial charge in [-0.05, 0) is 31.9 Å². The minimum absolute atomic E-state index is 0. The summed E-state index contributed by atoms with van der Waals surface area (Å²) < 4.78 is 35.1. The first kappa shape index (κ1) is 22.7. The molecule has 0 aliphatic carbocycles. The first-order valence-corrected chi connectivity index (χ1v) is 7.73. The van der Waals surface area contributed by atoms with Crippen molar-refractivity contribution in [2.45, 2.75) is 52.8 Å². The van der Waals surface area contributed by atoms with E-state index in [1.165, 1.54) is 6.07 Å². The molecule has 0 radical (unpaired) electrons. The highest BCUT2D eigenvalue weighted by atomic mass is 127. The number of hydrogen-bond donors (Lipinski definition) is 2. The van der Waals surface area contributed by atoms with Crippen LogP contribution in [0, 0.1) is 0 Å². The number of hydrogen-bond acceptors (Lipinski definition) is 3. The smallest absolute Gasteiger partial charge is 0.387 e. The third-order valence-electron chi connectivity index (χ3n) is 3.15. The predicted molar refractivity (Wildman–Crippen MR) is 102 cm³/mol. The Bertz CT molecular complexity index is 516. The number of alkyl halides is 2. The van der Waals surface area contributed by atoms with E-state index in [0.29, 0.717) is 17.9 Å². The van der Waals surface area contributed by atoms with Crippen LogP contribution in [0.25, 0.3) is 0 Å². The summed E-state index contributed by atoms with van der Waals surface area (Å²) in [6.07, 6.45) is 1.73. The molecule has 0 saturated heterocycles. The second-order valence-corrected chi connectivity index (χ2v) is 5.15. The maximum Gasteiger partial charge on any atom is 0.387 e. The fourth-order valence-corrected chi connectivity index (χ4v) is 1.75. The zero-order valence-electron chi connectivity index (χ0n) is 14.2. The molecule has 0 saturated carbocycles. The molecule has 0 aliphatic rings. The van der Waals surface area contributed by atoms with E-state index in [4.69, 9.17) is 10.5 Å². The second-order valence-electron chi connectivity index (χ2n) is 5.15. The van der Waals surface area contributed by atoms with E-state index in [-0.39, 0.29) is 48.3 Å². The molecule has 0 fully saturated rings. The van der Waals surface area contributed by atoms with Crippen LogP contribution in [0.5, 0.6) is 11.5 Å². The van der Waals surface area contributed by atoms with Crippen molar-refractivity contribution in [1.29, 1.82) is 0 Å². The topological polar surface area (TPSA) is 68.9 Å². The molecule has 0 aromatic heterocycles. The zero-order valence-corrected chi connectivity index (χ0v) is 16.6. The molecule has 0 aliphatic heterocycles. The van der Waals surface area contributed by atoms with Crippen molar-refractivity contribution in [3.63, 3.8) is 0 Å². The Kier molecular flexibility index (Phi) is 11.4. The molecule has 1 unspecified atom stereocenters. The monoisotopic (exact) mass is 457 g/mol. The third-order valence-corrected chi connectivity index (χ3v) is 3.15. The molecule has 138 valence electrons. The lowest BCUT2D eigenvalue weighted by molar-refractivity contribution is -0.0505. The van der Waals surface area contributed by atoms with Crippen molar-refractivity contribution in [3.05, 3.63) is 23.8 Å². The molecule has 1 aromatic rings. The highest BCUT2D eigenvalue weighted by molar-refractivity contribution is 14.0. The molecule has 1 atom stereocenters. The number of rotatable bonds is 9. The Morgan fingerprint density at radius 2 is 2.04 bits per heavy atom. The molecule has 0 bridgehead atoms. The molecule has 8 heteroatoms. The van der Waals surface area contributed by atoms with Gasteiger partial charge in [-0.3, -0.25) is 0 Å². The number of ether oxygens (including phenoxy) is 2. The van der Waals surface area contributed by atoms with Crippen molar-refractivity contribution in [2.24, 2.45) is 10.7 Å². The number of benzene rings is 1. The summed E-state index contributed by atoms with van der Waals surface area (Å²) in [7, 11) is 0. The van der Waals surface area contributed by atoms with Gasteiger partial charge >= 0.3 is 6.61 Å². The van der Waals surface area contributed by atoms with Crippen molar-refractivity contribution in [3.8, 4) is 11.5 Å². The van der Waals surface area contributed by atoms with Gasteiger partial charge in [0.2, 0.25) is 0 Å². The van der Waals surface area contributed by atoms with E-state index < -0.39 is 6.61 Å². The number of halogens is 3. The Morgan fingerprint density at radius 3 is 2.62 bits per heavy atom. The summed E-state index contributed by atoms with van der Waals surface area (Å²) in [5.41, 5.74) is 6.29. The second kappa shape index (κ2) is 12.1. The average Bonchev–Trinajstić information content (AvgIpc) is 2.51. The summed E-state index contributed by atoms with van der Waals surface area (Å²) in [6.45, 7) is 3.72. The Balaban J connectivity index is 0.00000529. The van der Waals surface area contributed by atoms with Gasteiger partial charge in [0.25, 0.3) is 0 Å². The maximum atomic E-state index is 12.6. The standard InChI is InChI=1S/C16H25F2N3O2.HI/c1-4-8-22-13-7-6-12(14(9-13)23-15(17)18)10-20-16(19)21-11(3)5-2;/h6-7,9,11,15H,4-5,8,10H2,1-3H3,(H3,19,20,21);1H. The Labute approximate surface area is 159 Å². The normalized spacial score (nSPS) is 12.5. The zero-order chi connectivity index (χ0) is 17.2. The van der Waals surface area contributed by atoms with Gasteiger partial charge in [-0.1, -0.05) is 13.8 Å². The summed E-state index contributed by atoms with van der Waals surface area (Å²) >= 11 is 0. The van der Waals surface area contributed by atoms with Crippen LogP contribution in [-0.2, 0) is 6.54 Å². The molecule has 1 rings (SSSR count). The lowest BCUT2D eigenvalue weighted by atomic mass is 10.2. The molecule has 5 nitrogen and oxygen atoms in total. The van der Waals surface area contributed by atoms with E-state index >= 15 is 0 Å². The summed E-state index contributed by atoms with van der Waals surface area (Å²) in [5, 5.41) is 3.01. The first-order chi connectivity index (χ1) is 11.0. The molecular weight excluding hydrogens is 431 g/mol. The number of nitrogens with one attached hydrogen (secondary N) is 1. The number of aliphatic imine (C=N–C) groups is 1. The van der Waals surface area contributed by atoms with E-state index in [2.05, 4.69) is 15.0 Å². The van der Waals surface area contributed by atoms with Crippen LogP contribution in [0.15, 0.2) is 23.2 Å². The summed E-state index contributed by atoms with van der Waals surface area (Å²) in [6, 6.07) is 5.01. The van der Waals surface area contributed by atoms with Gasteiger partial charge in [0.05, 0.1) is 13.2 Å². The molecule has 0 amide bonds. The van der Waals surface area contributed by atoms with Crippen LogP contribution in [0.1, 0.15) is 39.2 Å². The van der Waals surface area contributed by atoms with Gasteiger partial charge in [-0.25, -0.2) is 4.99 Å². The molecule has 0 heterocycles. The molecule has 1 aromatic carbocycles. The van der Waals surface area contributed by atoms with Crippen LogP contribution in [0.3, 0.4) is 0 Å². The van der Waals surface area contributed by atoms with Crippen LogP contribution in [0.4, 0.5) is 8.78 Å². The van der Waals surface area contributed by atoms with Gasteiger partial charge in [-0.15, -0.1) is 24.0 Å². The maximum absolute atomic E-state index is 12.6. The van der Waals surface area contributed by atoms with Crippen LogP contribution < -0.4 is 20.5 Å². The largest absolute Gasteiger partial charge is 0.493 e. The minimum Gasteiger partial charge on any atom is -0.493 e. The summed E-state index contributed by atoms with van der Waals surface area (Å²) in [4.78, 5) is 4.16. The van der Waals surface area contributed by atoms with Gasteiger partial charge in [0.1, 0.15) is 11.5 Å².